The molecule has 0 aliphatic carbocycles. The Bertz CT molecular complexity index is 196. The smallest absolute Gasteiger partial charge is 0.308 e. The largest absolute Gasteiger partial charge is 0.354 e. The van der Waals surface area contributed by atoms with Crippen LogP contribution in [-0.2, 0) is 0 Å². The molecule has 0 fully saturated rings. The van der Waals surface area contributed by atoms with Gasteiger partial charge in [0.1, 0.15) is 0 Å². The lowest BCUT2D eigenvalue weighted by molar-refractivity contribution is 0.228. The first-order chi connectivity index (χ1) is 5.64. The van der Waals surface area contributed by atoms with Crippen molar-refractivity contribution in [1.82, 2.24) is 9.88 Å². The van der Waals surface area contributed by atoms with E-state index in [-0.39, 0.29) is 11.1 Å². The Labute approximate surface area is 82.6 Å². The van der Waals surface area contributed by atoms with Crippen molar-refractivity contribution in [2.24, 2.45) is 0 Å². The van der Waals surface area contributed by atoms with Gasteiger partial charge in [0.25, 0.3) is 0 Å². The molecular formula is C9H22N2OSi. The first-order valence-electron chi connectivity index (χ1n) is 4.60. The van der Waals surface area contributed by atoms with Crippen LogP contribution in [-0.4, -0.2) is 32.9 Å². The number of carbonyl (C=O) groups is 1. The van der Waals surface area contributed by atoms with E-state index in [1.165, 1.54) is 0 Å². The number of hydrogen-bond acceptors (Lipinski definition) is 1. The summed E-state index contributed by atoms with van der Waals surface area (Å²) in [6.45, 7) is 11.0. The number of rotatable bonds is 1. The van der Waals surface area contributed by atoms with E-state index < -0.39 is 8.24 Å². The summed E-state index contributed by atoms with van der Waals surface area (Å²) in [6.07, 6.45) is 0. The second-order valence-electron chi connectivity index (χ2n) is 4.92. The third kappa shape index (κ3) is 2.46. The van der Waals surface area contributed by atoms with E-state index in [1.54, 1.807) is 7.05 Å². The summed E-state index contributed by atoms with van der Waals surface area (Å²) in [7, 11) is 1.89. The zero-order valence-electron chi connectivity index (χ0n) is 9.86. The molecule has 13 heavy (non-hydrogen) atoms. The summed E-state index contributed by atoms with van der Waals surface area (Å²) in [5, 5.41) is 2.87. The molecule has 0 saturated carbocycles. The molecule has 0 spiro atoms. The van der Waals surface area contributed by atoms with Gasteiger partial charge >= 0.3 is 6.03 Å². The molecule has 78 valence electrons. The monoisotopic (exact) mass is 202 g/mol. The van der Waals surface area contributed by atoms with Crippen molar-refractivity contribution < 1.29 is 4.79 Å². The number of nitrogens with one attached hydrogen (secondary N) is 1. The first kappa shape index (κ1) is 12.5. The molecule has 0 aromatic carbocycles. The van der Waals surface area contributed by atoms with Crippen LogP contribution >= 0.6 is 0 Å². The van der Waals surface area contributed by atoms with Gasteiger partial charge in [-0.1, -0.05) is 33.9 Å². The number of hydrogen-bond donors (Lipinski definition) is 1. The number of nitrogens with zero attached hydrogens (tertiary/aromatic N) is 1. The van der Waals surface area contributed by atoms with Crippen LogP contribution < -0.4 is 5.32 Å². The molecule has 0 radical (unpaired) electrons. The molecule has 0 aliphatic heterocycles. The minimum absolute atomic E-state index is 0.0200. The van der Waals surface area contributed by atoms with E-state index >= 15 is 0 Å². The topological polar surface area (TPSA) is 32.3 Å². The Balaban J connectivity index is 4.74. The predicted octanol–water partition coefficient (Wildman–Crippen LogP) is 2.26. The summed E-state index contributed by atoms with van der Waals surface area (Å²) >= 11 is 0. The molecule has 0 atom stereocenters. The van der Waals surface area contributed by atoms with E-state index in [9.17, 15) is 4.79 Å². The zero-order valence-corrected chi connectivity index (χ0v) is 10.9. The van der Waals surface area contributed by atoms with Crippen LogP contribution in [0.15, 0.2) is 0 Å². The summed E-state index contributed by atoms with van der Waals surface area (Å²) in [4.78, 5) is 11.5. The normalized spacial score (nSPS) is 12.5. The van der Waals surface area contributed by atoms with Gasteiger partial charge in [-0.25, -0.2) is 4.79 Å². The average molecular weight is 202 g/mol. The van der Waals surface area contributed by atoms with Gasteiger partial charge in [-0.2, -0.15) is 0 Å². The van der Waals surface area contributed by atoms with E-state index in [4.69, 9.17) is 0 Å². The van der Waals surface area contributed by atoms with Crippen LogP contribution in [0, 0.1) is 0 Å². The van der Waals surface area contributed by atoms with Crippen molar-refractivity contribution in [2.45, 2.75) is 38.9 Å². The summed E-state index contributed by atoms with van der Waals surface area (Å²) in [6, 6.07) is 0.0200. The third-order valence-electron chi connectivity index (χ3n) is 3.19. The Kier molecular flexibility index (Phi) is 3.55. The molecule has 4 heteroatoms. The minimum Gasteiger partial charge on any atom is -0.354 e. The van der Waals surface area contributed by atoms with Crippen LogP contribution in [0.4, 0.5) is 4.79 Å². The fraction of sp³-hybridized carbons (Fsp3) is 0.889. The van der Waals surface area contributed by atoms with Gasteiger partial charge in [0.15, 0.2) is 8.24 Å². The van der Waals surface area contributed by atoms with Gasteiger partial charge in [0, 0.05) is 14.1 Å². The van der Waals surface area contributed by atoms with Crippen LogP contribution in [0.1, 0.15) is 20.8 Å². The van der Waals surface area contributed by atoms with Crippen molar-refractivity contribution >= 4 is 14.3 Å². The predicted molar refractivity (Wildman–Crippen MR) is 59.4 cm³/mol. The highest BCUT2D eigenvalue weighted by molar-refractivity contribution is 6.79. The van der Waals surface area contributed by atoms with Gasteiger partial charge in [0.2, 0.25) is 0 Å². The summed E-state index contributed by atoms with van der Waals surface area (Å²) in [5.74, 6) is 0. The van der Waals surface area contributed by atoms with E-state index in [0.29, 0.717) is 0 Å². The molecule has 3 nitrogen and oxygen atoms in total. The number of amides is 2. The van der Waals surface area contributed by atoms with Crippen LogP contribution in [0.2, 0.25) is 18.1 Å². The van der Waals surface area contributed by atoms with Crippen LogP contribution in [0.3, 0.4) is 0 Å². The lowest BCUT2D eigenvalue weighted by Crippen LogP contribution is -2.57. The summed E-state index contributed by atoms with van der Waals surface area (Å²) < 4.78 is 1.88. The maximum absolute atomic E-state index is 11.5. The van der Waals surface area contributed by atoms with Gasteiger partial charge in [-0.15, -0.1) is 0 Å². The lowest BCUT2D eigenvalue weighted by atomic mass is 10.2. The van der Waals surface area contributed by atoms with Crippen LogP contribution in [0.25, 0.3) is 0 Å². The zero-order chi connectivity index (χ0) is 10.9. The molecule has 2 amide bonds. The molecule has 0 aliphatic rings. The van der Waals surface area contributed by atoms with Gasteiger partial charge in [0.05, 0.1) is 0 Å². The molecule has 1 N–H and O–H groups in total. The fourth-order valence-corrected chi connectivity index (χ4v) is 2.55. The second kappa shape index (κ2) is 3.70. The third-order valence-corrected chi connectivity index (χ3v) is 8.74. The molecule has 0 aromatic heterocycles. The molecular weight excluding hydrogens is 180 g/mol. The average Bonchev–Trinajstić information content (AvgIpc) is 1.99. The molecule has 0 aromatic rings. The van der Waals surface area contributed by atoms with E-state index in [0.717, 1.165) is 0 Å². The molecule has 0 rings (SSSR count). The van der Waals surface area contributed by atoms with E-state index in [2.05, 4.69) is 39.2 Å². The standard InChI is InChI=1S/C9H22N2OSi/c1-9(2,3)13(6,7)11(5)8(12)10-4/h1-7H3,(H,10,12). The maximum atomic E-state index is 11.5. The minimum atomic E-state index is -1.67. The van der Waals surface area contributed by atoms with Crippen molar-refractivity contribution in [2.75, 3.05) is 14.1 Å². The first-order valence-corrected chi connectivity index (χ1v) is 7.55. The van der Waals surface area contributed by atoms with Gasteiger partial charge < -0.3 is 9.88 Å². The number of carbonyl (C=O) groups excluding carboxylic acids is 1. The maximum Gasteiger partial charge on any atom is 0.308 e. The Morgan fingerprint density at radius 1 is 1.31 bits per heavy atom. The molecule has 0 unspecified atom stereocenters. The Morgan fingerprint density at radius 2 is 1.69 bits per heavy atom. The van der Waals surface area contributed by atoms with Gasteiger partial charge in [-0.05, 0) is 5.04 Å². The van der Waals surface area contributed by atoms with Crippen molar-refractivity contribution in [3.8, 4) is 0 Å². The van der Waals surface area contributed by atoms with E-state index in [1.807, 2.05) is 11.6 Å². The van der Waals surface area contributed by atoms with Crippen molar-refractivity contribution in [3.05, 3.63) is 0 Å². The Morgan fingerprint density at radius 3 is 1.92 bits per heavy atom. The Hall–Kier alpha value is -0.513. The highest BCUT2D eigenvalue weighted by atomic mass is 28.3. The molecule has 0 heterocycles. The van der Waals surface area contributed by atoms with Gasteiger partial charge in [-0.3, -0.25) is 0 Å². The fourth-order valence-electron chi connectivity index (χ4n) is 0.925. The lowest BCUT2D eigenvalue weighted by Gasteiger charge is -2.43. The highest BCUT2D eigenvalue weighted by Gasteiger charge is 2.41. The SMILES string of the molecule is CNC(=O)N(C)[Si](C)(C)C(C)(C)C. The van der Waals surface area contributed by atoms with Crippen molar-refractivity contribution in [1.29, 1.82) is 0 Å². The van der Waals surface area contributed by atoms with Crippen molar-refractivity contribution in [3.63, 3.8) is 0 Å². The quantitative estimate of drug-likeness (QED) is 0.650. The highest BCUT2D eigenvalue weighted by Crippen LogP contribution is 2.37. The molecule has 0 saturated heterocycles. The second-order valence-corrected chi connectivity index (χ2v) is 10.2. The number of urea groups is 1. The van der Waals surface area contributed by atoms with Crippen LogP contribution in [0.5, 0.6) is 0 Å². The molecule has 0 bridgehead atoms. The summed E-state index contributed by atoms with van der Waals surface area (Å²) in [5.41, 5.74) is 0.